The van der Waals surface area contributed by atoms with E-state index in [4.69, 9.17) is 21.1 Å². The molecule has 2 amide bonds. The van der Waals surface area contributed by atoms with Crippen LogP contribution in [0.2, 0.25) is 5.02 Å². The average Bonchev–Trinajstić information content (AvgIpc) is 2.84. The SMILES string of the molecule is O=C(NCc1ccc2c(c1)OCCCO2)NCc1ccccc1Cl. The summed E-state index contributed by atoms with van der Waals surface area (Å²) in [5, 5.41) is 6.25. The van der Waals surface area contributed by atoms with E-state index in [-0.39, 0.29) is 6.03 Å². The number of nitrogens with one attached hydrogen (secondary N) is 2. The Morgan fingerprint density at radius 2 is 1.75 bits per heavy atom. The molecule has 0 radical (unpaired) electrons. The molecule has 1 heterocycles. The van der Waals surface area contributed by atoms with E-state index in [9.17, 15) is 4.79 Å². The lowest BCUT2D eigenvalue weighted by Gasteiger charge is -2.11. The third-order valence-electron chi connectivity index (χ3n) is 3.66. The van der Waals surface area contributed by atoms with Crippen LogP contribution < -0.4 is 20.1 Å². The molecule has 1 aliphatic rings. The molecule has 0 aliphatic carbocycles. The topological polar surface area (TPSA) is 59.6 Å². The molecule has 0 aromatic heterocycles. The van der Waals surface area contributed by atoms with Crippen LogP contribution in [0.15, 0.2) is 42.5 Å². The summed E-state index contributed by atoms with van der Waals surface area (Å²) in [7, 11) is 0. The fourth-order valence-electron chi connectivity index (χ4n) is 2.38. The van der Waals surface area contributed by atoms with E-state index in [1.807, 2.05) is 36.4 Å². The second kappa shape index (κ2) is 7.93. The molecule has 0 spiro atoms. The van der Waals surface area contributed by atoms with Crippen LogP contribution in [0.5, 0.6) is 11.5 Å². The van der Waals surface area contributed by atoms with Crippen molar-refractivity contribution in [1.82, 2.24) is 10.6 Å². The number of rotatable bonds is 4. The third kappa shape index (κ3) is 4.32. The number of hydrogen-bond donors (Lipinski definition) is 2. The number of fused-ring (bicyclic) bond motifs is 1. The predicted molar refractivity (Wildman–Crippen MR) is 92.6 cm³/mol. The first-order valence-electron chi connectivity index (χ1n) is 7.86. The Kier molecular flexibility index (Phi) is 5.43. The first kappa shape index (κ1) is 16.5. The summed E-state index contributed by atoms with van der Waals surface area (Å²) >= 11 is 6.06. The molecule has 2 aromatic rings. The molecule has 1 aliphatic heterocycles. The molecule has 2 aromatic carbocycles. The van der Waals surface area contributed by atoms with E-state index in [2.05, 4.69) is 10.6 Å². The Labute approximate surface area is 145 Å². The van der Waals surface area contributed by atoms with Crippen molar-refractivity contribution in [3.8, 4) is 11.5 Å². The van der Waals surface area contributed by atoms with Crippen LogP contribution in [-0.4, -0.2) is 19.2 Å². The van der Waals surface area contributed by atoms with Gasteiger partial charge in [0.15, 0.2) is 11.5 Å². The van der Waals surface area contributed by atoms with Gasteiger partial charge in [0.25, 0.3) is 0 Å². The number of benzene rings is 2. The summed E-state index contributed by atoms with van der Waals surface area (Å²) in [6.45, 7) is 2.09. The Hall–Kier alpha value is -2.40. The maximum Gasteiger partial charge on any atom is 0.315 e. The summed E-state index contributed by atoms with van der Waals surface area (Å²) in [4.78, 5) is 11.9. The molecule has 0 fully saturated rings. The molecular weight excluding hydrogens is 328 g/mol. The van der Waals surface area contributed by atoms with Gasteiger partial charge in [-0.2, -0.15) is 0 Å². The zero-order chi connectivity index (χ0) is 16.8. The Balaban J connectivity index is 1.51. The second-order valence-corrected chi connectivity index (χ2v) is 5.87. The highest BCUT2D eigenvalue weighted by Gasteiger charge is 2.11. The second-order valence-electron chi connectivity index (χ2n) is 5.46. The molecule has 3 rings (SSSR count). The highest BCUT2D eigenvalue weighted by atomic mass is 35.5. The van der Waals surface area contributed by atoms with E-state index in [0.29, 0.717) is 31.3 Å². The number of amides is 2. The van der Waals surface area contributed by atoms with Gasteiger partial charge in [-0.1, -0.05) is 35.9 Å². The molecule has 126 valence electrons. The van der Waals surface area contributed by atoms with Gasteiger partial charge in [-0.3, -0.25) is 0 Å². The fraction of sp³-hybridized carbons (Fsp3) is 0.278. The lowest BCUT2D eigenvalue weighted by atomic mass is 10.2. The third-order valence-corrected chi connectivity index (χ3v) is 4.03. The Bertz CT molecular complexity index is 721. The average molecular weight is 347 g/mol. The first-order chi connectivity index (χ1) is 11.7. The van der Waals surface area contributed by atoms with Crippen LogP contribution >= 0.6 is 11.6 Å². The van der Waals surface area contributed by atoms with Crippen molar-refractivity contribution in [2.24, 2.45) is 0 Å². The van der Waals surface area contributed by atoms with Crippen LogP contribution in [0.25, 0.3) is 0 Å². The van der Waals surface area contributed by atoms with Gasteiger partial charge in [-0.05, 0) is 29.3 Å². The molecule has 6 heteroatoms. The maximum atomic E-state index is 11.9. The van der Waals surface area contributed by atoms with Crippen LogP contribution in [0.4, 0.5) is 4.79 Å². The Morgan fingerprint density at radius 1 is 1.00 bits per heavy atom. The molecule has 24 heavy (non-hydrogen) atoms. The van der Waals surface area contributed by atoms with Crippen molar-refractivity contribution in [2.75, 3.05) is 13.2 Å². The van der Waals surface area contributed by atoms with Crippen molar-refractivity contribution < 1.29 is 14.3 Å². The van der Waals surface area contributed by atoms with Crippen LogP contribution in [0, 0.1) is 0 Å². The van der Waals surface area contributed by atoms with E-state index >= 15 is 0 Å². The lowest BCUT2D eigenvalue weighted by molar-refractivity contribution is 0.240. The van der Waals surface area contributed by atoms with Crippen molar-refractivity contribution in [2.45, 2.75) is 19.5 Å². The molecule has 0 saturated carbocycles. The minimum atomic E-state index is -0.248. The normalized spacial score (nSPS) is 13.0. The smallest absolute Gasteiger partial charge is 0.315 e. The quantitative estimate of drug-likeness (QED) is 0.890. The standard InChI is InChI=1S/C18H19ClN2O3/c19-15-5-2-1-4-14(15)12-21-18(22)20-11-13-6-7-16-17(10-13)24-9-3-8-23-16/h1-2,4-7,10H,3,8-9,11-12H2,(H2,20,21,22). The largest absolute Gasteiger partial charge is 0.490 e. The number of carbonyl (C=O) groups is 1. The summed E-state index contributed by atoms with van der Waals surface area (Å²) in [5.74, 6) is 1.47. The van der Waals surface area contributed by atoms with E-state index < -0.39 is 0 Å². The van der Waals surface area contributed by atoms with Gasteiger partial charge in [0.1, 0.15) is 0 Å². The minimum Gasteiger partial charge on any atom is -0.490 e. The van der Waals surface area contributed by atoms with Crippen LogP contribution in [-0.2, 0) is 13.1 Å². The fourth-order valence-corrected chi connectivity index (χ4v) is 2.58. The molecule has 2 N–H and O–H groups in total. The molecule has 0 bridgehead atoms. The highest BCUT2D eigenvalue weighted by molar-refractivity contribution is 6.31. The number of ether oxygens (including phenoxy) is 2. The summed E-state index contributed by atoms with van der Waals surface area (Å²) in [6, 6.07) is 12.9. The van der Waals surface area contributed by atoms with E-state index in [1.54, 1.807) is 6.07 Å². The maximum absolute atomic E-state index is 11.9. The minimum absolute atomic E-state index is 0.248. The van der Waals surface area contributed by atoms with Gasteiger partial charge in [0.2, 0.25) is 0 Å². The van der Waals surface area contributed by atoms with Gasteiger partial charge in [-0.15, -0.1) is 0 Å². The predicted octanol–water partition coefficient (Wildman–Crippen LogP) is 3.50. The van der Waals surface area contributed by atoms with Gasteiger partial charge in [0, 0.05) is 24.5 Å². The summed E-state index contributed by atoms with van der Waals surface area (Å²) in [6.07, 6.45) is 0.868. The van der Waals surface area contributed by atoms with Crippen LogP contribution in [0.3, 0.4) is 0 Å². The molecule has 0 atom stereocenters. The van der Waals surface area contributed by atoms with E-state index in [0.717, 1.165) is 29.0 Å². The van der Waals surface area contributed by atoms with Gasteiger partial charge >= 0.3 is 6.03 Å². The highest BCUT2D eigenvalue weighted by Crippen LogP contribution is 2.30. The monoisotopic (exact) mass is 346 g/mol. The summed E-state index contributed by atoms with van der Waals surface area (Å²) in [5.41, 5.74) is 1.83. The van der Waals surface area contributed by atoms with Gasteiger partial charge in [0.05, 0.1) is 13.2 Å². The van der Waals surface area contributed by atoms with Crippen molar-refractivity contribution in [1.29, 1.82) is 0 Å². The van der Waals surface area contributed by atoms with Crippen molar-refractivity contribution in [3.63, 3.8) is 0 Å². The van der Waals surface area contributed by atoms with Gasteiger partial charge in [-0.25, -0.2) is 4.79 Å². The number of halogens is 1. The lowest BCUT2D eigenvalue weighted by Crippen LogP contribution is -2.34. The van der Waals surface area contributed by atoms with Crippen molar-refractivity contribution >= 4 is 17.6 Å². The molecule has 0 unspecified atom stereocenters. The van der Waals surface area contributed by atoms with E-state index in [1.165, 1.54) is 0 Å². The Morgan fingerprint density at radius 3 is 2.58 bits per heavy atom. The zero-order valence-electron chi connectivity index (χ0n) is 13.2. The zero-order valence-corrected chi connectivity index (χ0v) is 13.9. The number of carbonyl (C=O) groups excluding carboxylic acids is 1. The molecule has 0 saturated heterocycles. The number of hydrogen-bond acceptors (Lipinski definition) is 3. The van der Waals surface area contributed by atoms with Crippen molar-refractivity contribution in [3.05, 3.63) is 58.6 Å². The van der Waals surface area contributed by atoms with Crippen LogP contribution in [0.1, 0.15) is 17.5 Å². The molecule has 5 nitrogen and oxygen atoms in total. The van der Waals surface area contributed by atoms with Gasteiger partial charge < -0.3 is 20.1 Å². The summed E-state index contributed by atoms with van der Waals surface area (Å²) < 4.78 is 11.2. The molecular formula is C18H19ClN2O3. The number of urea groups is 1. The first-order valence-corrected chi connectivity index (χ1v) is 8.24.